The molecular formula is C20H16N6O4. The molecule has 0 unspecified atom stereocenters. The lowest BCUT2D eigenvalue weighted by Gasteiger charge is -2.04. The predicted molar refractivity (Wildman–Crippen MR) is 106 cm³/mol. The van der Waals surface area contributed by atoms with Crippen molar-refractivity contribution in [1.29, 1.82) is 0 Å². The maximum absolute atomic E-state index is 12.5. The van der Waals surface area contributed by atoms with Gasteiger partial charge in [0.2, 0.25) is 0 Å². The molecular weight excluding hydrogens is 388 g/mol. The van der Waals surface area contributed by atoms with Gasteiger partial charge in [0.1, 0.15) is 5.69 Å². The van der Waals surface area contributed by atoms with Crippen molar-refractivity contribution in [2.75, 3.05) is 0 Å². The van der Waals surface area contributed by atoms with E-state index in [0.717, 1.165) is 5.56 Å². The number of nitro groups is 1. The molecule has 0 aliphatic rings. The van der Waals surface area contributed by atoms with Gasteiger partial charge in [-0.3, -0.25) is 14.9 Å². The number of hydrogen-bond donors (Lipinski definition) is 1. The van der Waals surface area contributed by atoms with Crippen LogP contribution in [0.25, 0.3) is 16.9 Å². The molecule has 0 fully saturated rings. The van der Waals surface area contributed by atoms with Gasteiger partial charge in [0.25, 0.3) is 11.6 Å². The maximum Gasteiger partial charge on any atom is 0.274 e. The first-order valence-corrected chi connectivity index (χ1v) is 8.99. The molecule has 2 aromatic carbocycles. The van der Waals surface area contributed by atoms with E-state index < -0.39 is 10.8 Å². The van der Waals surface area contributed by atoms with Crippen molar-refractivity contribution < 1.29 is 14.2 Å². The number of amides is 1. The maximum atomic E-state index is 12.5. The molecule has 1 N–H and O–H groups in total. The van der Waals surface area contributed by atoms with E-state index in [4.69, 9.17) is 4.52 Å². The van der Waals surface area contributed by atoms with Gasteiger partial charge in [-0.2, -0.15) is 0 Å². The second-order valence-corrected chi connectivity index (χ2v) is 6.44. The summed E-state index contributed by atoms with van der Waals surface area (Å²) in [5.41, 5.74) is 2.78. The highest BCUT2D eigenvalue weighted by Gasteiger charge is 2.18. The SMILES string of the molecule is Cc1c(C(=O)NCc2cc(-c3ccccc3)no2)nnn1-c1ccc([N+](=O)[O-])cc1. The highest BCUT2D eigenvalue weighted by Crippen LogP contribution is 2.19. The molecule has 4 rings (SSSR count). The molecule has 10 nitrogen and oxygen atoms in total. The minimum absolute atomic E-state index is 0.0311. The number of non-ortho nitro benzene ring substituents is 1. The smallest absolute Gasteiger partial charge is 0.274 e. The molecule has 0 bridgehead atoms. The Morgan fingerprint density at radius 2 is 1.90 bits per heavy atom. The Bertz CT molecular complexity index is 1200. The molecule has 2 heterocycles. The van der Waals surface area contributed by atoms with Crippen LogP contribution in [0.5, 0.6) is 0 Å². The Morgan fingerprint density at radius 3 is 2.60 bits per heavy atom. The lowest BCUT2D eigenvalue weighted by Crippen LogP contribution is -2.23. The van der Waals surface area contributed by atoms with E-state index in [9.17, 15) is 14.9 Å². The van der Waals surface area contributed by atoms with Crippen molar-refractivity contribution >= 4 is 11.6 Å². The number of nitro benzene ring substituents is 1. The van der Waals surface area contributed by atoms with Gasteiger partial charge in [-0.15, -0.1) is 5.10 Å². The highest BCUT2D eigenvalue weighted by atomic mass is 16.6. The van der Waals surface area contributed by atoms with Gasteiger partial charge in [-0.1, -0.05) is 40.7 Å². The Hall–Kier alpha value is -4.34. The number of nitrogens with one attached hydrogen (secondary N) is 1. The molecule has 0 aliphatic carbocycles. The number of benzene rings is 2. The lowest BCUT2D eigenvalue weighted by atomic mass is 10.1. The number of nitrogens with zero attached hydrogens (tertiary/aromatic N) is 5. The normalized spacial score (nSPS) is 10.7. The average molecular weight is 404 g/mol. The molecule has 2 aromatic heterocycles. The van der Waals surface area contributed by atoms with Gasteiger partial charge < -0.3 is 9.84 Å². The summed E-state index contributed by atoms with van der Waals surface area (Å²) in [7, 11) is 0. The largest absolute Gasteiger partial charge is 0.359 e. The first-order chi connectivity index (χ1) is 14.5. The quantitative estimate of drug-likeness (QED) is 0.386. The van der Waals surface area contributed by atoms with Crippen LogP contribution in [-0.4, -0.2) is 31.0 Å². The van der Waals surface area contributed by atoms with Crippen LogP contribution in [0.4, 0.5) is 5.69 Å². The fourth-order valence-electron chi connectivity index (χ4n) is 2.89. The summed E-state index contributed by atoms with van der Waals surface area (Å²) in [6.07, 6.45) is 0. The minimum atomic E-state index is -0.483. The van der Waals surface area contributed by atoms with Gasteiger partial charge in [0.15, 0.2) is 11.5 Å². The van der Waals surface area contributed by atoms with Crippen molar-refractivity contribution in [2.45, 2.75) is 13.5 Å². The summed E-state index contributed by atoms with van der Waals surface area (Å²) < 4.78 is 6.72. The molecule has 10 heteroatoms. The van der Waals surface area contributed by atoms with E-state index in [2.05, 4.69) is 20.8 Å². The Kier molecular flexibility index (Phi) is 5.04. The third-order valence-electron chi connectivity index (χ3n) is 4.47. The van der Waals surface area contributed by atoms with Crippen molar-refractivity contribution in [3.8, 4) is 16.9 Å². The van der Waals surface area contributed by atoms with Gasteiger partial charge in [0, 0.05) is 23.8 Å². The zero-order chi connectivity index (χ0) is 21.1. The van der Waals surface area contributed by atoms with E-state index in [1.807, 2.05) is 30.3 Å². The van der Waals surface area contributed by atoms with E-state index in [-0.39, 0.29) is 17.9 Å². The molecule has 0 aliphatic heterocycles. The second kappa shape index (κ2) is 7.95. The van der Waals surface area contributed by atoms with Crippen molar-refractivity contribution in [2.24, 2.45) is 0 Å². The second-order valence-electron chi connectivity index (χ2n) is 6.44. The first kappa shape index (κ1) is 19.0. The Labute approximate surface area is 170 Å². The molecule has 1 amide bonds. The topological polar surface area (TPSA) is 129 Å². The predicted octanol–water partition coefficient (Wildman–Crippen LogP) is 3.07. The Balaban J connectivity index is 1.44. The minimum Gasteiger partial charge on any atom is -0.359 e. The van der Waals surface area contributed by atoms with Crippen molar-refractivity contribution in [3.63, 3.8) is 0 Å². The van der Waals surface area contributed by atoms with Gasteiger partial charge in [0.05, 0.1) is 22.8 Å². The Morgan fingerprint density at radius 1 is 1.17 bits per heavy atom. The summed E-state index contributed by atoms with van der Waals surface area (Å²) in [6.45, 7) is 1.83. The van der Waals surface area contributed by atoms with E-state index in [1.165, 1.54) is 16.8 Å². The zero-order valence-corrected chi connectivity index (χ0v) is 15.8. The monoisotopic (exact) mass is 404 g/mol. The number of aromatic nitrogens is 4. The van der Waals surface area contributed by atoms with Crippen LogP contribution in [0, 0.1) is 17.0 Å². The van der Waals surface area contributed by atoms with Crippen LogP contribution in [0.1, 0.15) is 21.9 Å². The average Bonchev–Trinajstić information content (AvgIpc) is 3.39. The molecule has 30 heavy (non-hydrogen) atoms. The van der Waals surface area contributed by atoms with Crippen LogP contribution in [0.3, 0.4) is 0 Å². The summed E-state index contributed by atoms with van der Waals surface area (Å²) in [4.78, 5) is 22.8. The molecule has 0 spiro atoms. The number of hydrogen-bond acceptors (Lipinski definition) is 7. The number of carbonyl (C=O) groups is 1. The molecule has 0 radical (unpaired) electrons. The van der Waals surface area contributed by atoms with E-state index >= 15 is 0 Å². The van der Waals surface area contributed by atoms with Crippen LogP contribution in [-0.2, 0) is 6.54 Å². The summed E-state index contributed by atoms with van der Waals surface area (Å²) >= 11 is 0. The summed E-state index contributed by atoms with van der Waals surface area (Å²) in [5.74, 6) is 0.0842. The molecule has 0 saturated heterocycles. The number of rotatable bonds is 6. The summed E-state index contributed by atoms with van der Waals surface area (Å²) in [6, 6.07) is 17.1. The fourth-order valence-corrected chi connectivity index (χ4v) is 2.89. The first-order valence-electron chi connectivity index (χ1n) is 8.99. The standard InChI is InChI=1S/C20H16N6O4/c1-13-19(22-24-25(13)15-7-9-16(10-8-15)26(28)29)20(27)21-12-17-11-18(23-30-17)14-5-3-2-4-6-14/h2-11H,12H2,1H3,(H,21,27). The van der Waals surface area contributed by atoms with Crippen LogP contribution in [0.2, 0.25) is 0 Å². The zero-order valence-electron chi connectivity index (χ0n) is 15.8. The molecule has 4 aromatic rings. The van der Waals surface area contributed by atoms with Gasteiger partial charge in [-0.25, -0.2) is 4.68 Å². The molecule has 150 valence electrons. The summed E-state index contributed by atoms with van der Waals surface area (Å²) in [5, 5.41) is 25.4. The number of carbonyl (C=O) groups excluding carboxylic acids is 1. The van der Waals surface area contributed by atoms with E-state index in [1.54, 1.807) is 25.1 Å². The van der Waals surface area contributed by atoms with Crippen molar-refractivity contribution in [1.82, 2.24) is 25.5 Å². The van der Waals surface area contributed by atoms with Crippen LogP contribution >= 0.6 is 0 Å². The molecule has 0 saturated carbocycles. The van der Waals surface area contributed by atoms with Gasteiger partial charge in [-0.05, 0) is 19.1 Å². The van der Waals surface area contributed by atoms with Crippen LogP contribution < -0.4 is 5.32 Å². The molecule has 0 atom stereocenters. The fraction of sp³-hybridized carbons (Fsp3) is 0.100. The third-order valence-corrected chi connectivity index (χ3v) is 4.47. The van der Waals surface area contributed by atoms with Crippen molar-refractivity contribution in [3.05, 3.63) is 87.9 Å². The third kappa shape index (κ3) is 3.78. The highest BCUT2D eigenvalue weighted by molar-refractivity contribution is 5.93. The van der Waals surface area contributed by atoms with E-state index in [0.29, 0.717) is 22.8 Å². The lowest BCUT2D eigenvalue weighted by molar-refractivity contribution is -0.384. The van der Waals surface area contributed by atoms with Crippen LogP contribution in [0.15, 0.2) is 65.2 Å². The van der Waals surface area contributed by atoms with Gasteiger partial charge >= 0.3 is 0 Å².